The Morgan fingerprint density at radius 2 is 1.97 bits per heavy atom. The maximum absolute atomic E-state index is 13.0. The van der Waals surface area contributed by atoms with Crippen LogP contribution in [0.15, 0.2) is 52.4 Å². The molecule has 0 unspecified atom stereocenters. The SMILES string of the molecule is COCCCn1c(SCC(=O)N(C)Cc2ccc(C)cc2)nc2cc(Cl)ccc2c1=O. The topological polar surface area (TPSA) is 64.4 Å². The summed E-state index contributed by atoms with van der Waals surface area (Å²) in [4.78, 5) is 32.1. The summed E-state index contributed by atoms with van der Waals surface area (Å²) in [5.41, 5.74) is 2.65. The Morgan fingerprint density at radius 3 is 2.68 bits per heavy atom. The maximum atomic E-state index is 13.0. The molecule has 2 aromatic carbocycles. The van der Waals surface area contributed by atoms with E-state index in [0.717, 1.165) is 5.56 Å². The first-order valence-corrected chi connectivity index (χ1v) is 11.4. The van der Waals surface area contributed by atoms with Gasteiger partial charge in [0.15, 0.2) is 5.16 Å². The van der Waals surface area contributed by atoms with Gasteiger partial charge in [-0.15, -0.1) is 0 Å². The van der Waals surface area contributed by atoms with E-state index in [1.54, 1.807) is 41.8 Å². The van der Waals surface area contributed by atoms with Crippen molar-refractivity contribution in [2.45, 2.75) is 31.6 Å². The summed E-state index contributed by atoms with van der Waals surface area (Å²) in [6.45, 7) is 3.56. The van der Waals surface area contributed by atoms with Gasteiger partial charge in [0.2, 0.25) is 5.91 Å². The molecular weight excluding hydrogens is 434 g/mol. The van der Waals surface area contributed by atoms with Crippen LogP contribution in [0.3, 0.4) is 0 Å². The average Bonchev–Trinajstić information content (AvgIpc) is 2.75. The molecule has 0 saturated heterocycles. The zero-order valence-corrected chi connectivity index (χ0v) is 19.5. The predicted octanol–water partition coefficient (Wildman–Crippen LogP) is 4.15. The number of rotatable bonds is 9. The number of nitrogens with zero attached hydrogens (tertiary/aromatic N) is 3. The second kappa shape index (κ2) is 10.8. The highest BCUT2D eigenvalue weighted by Gasteiger charge is 2.16. The number of methoxy groups -OCH3 is 1. The molecule has 0 spiro atoms. The number of carbonyl (C=O) groups excluding carboxylic acids is 1. The van der Waals surface area contributed by atoms with E-state index >= 15 is 0 Å². The molecule has 0 aliphatic heterocycles. The zero-order valence-electron chi connectivity index (χ0n) is 17.9. The van der Waals surface area contributed by atoms with Crippen LogP contribution < -0.4 is 5.56 Å². The molecule has 3 rings (SSSR count). The molecule has 0 N–H and O–H groups in total. The standard InChI is InChI=1S/C23H26ClN3O3S/c1-16-5-7-17(8-6-16)14-26(2)21(28)15-31-23-25-20-13-18(24)9-10-19(20)22(29)27(23)11-4-12-30-3/h5-10,13H,4,11-12,14-15H2,1-3H3. The normalized spacial score (nSPS) is 11.1. The maximum Gasteiger partial charge on any atom is 0.262 e. The number of hydrogen-bond donors (Lipinski definition) is 0. The summed E-state index contributed by atoms with van der Waals surface area (Å²) in [6, 6.07) is 13.2. The van der Waals surface area contributed by atoms with Crippen LogP contribution in [0.5, 0.6) is 0 Å². The summed E-state index contributed by atoms with van der Waals surface area (Å²) in [7, 11) is 3.41. The molecule has 0 aliphatic rings. The highest BCUT2D eigenvalue weighted by atomic mass is 35.5. The minimum Gasteiger partial charge on any atom is -0.385 e. The van der Waals surface area contributed by atoms with Gasteiger partial charge in [0, 0.05) is 38.9 Å². The minimum absolute atomic E-state index is 0.0329. The highest BCUT2D eigenvalue weighted by molar-refractivity contribution is 7.99. The molecule has 0 aliphatic carbocycles. The monoisotopic (exact) mass is 459 g/mol. The lowest BCUT2D eigenvalue weighted by Gasteiger charge is -2.18. The van der Waals surface area contributed by atoms with Gasteiger partial charge in [-0.2, -0.15) is 0 Å². The number of benzene rings is 2. The van der Waals surface area contributed by atoms with E-state index in [-0.39, 0.29) is 17.2 Å². The first-order chi connectivity index (χ1) is 14.9. The first kappa shape index (κ1) is 23.3. The quantitative estimate of drug-likeness (QED) is 0.273. The van der Waals surface area contributed by atoms with Crippen molar-refractivity contribution in [1.29, 1.82) is 0 Å². The second-order valence-corrected chi connectivity index (χ2v) is 8.76. The van der Waals surface area contributed by atoms with Crippen molar-refractivity contribution in [2.75, 3.05) is 26.5 Å². The number of aromatic nitrogens is 2. The molecule has 31 heavy (non-hydrogen) atoms. The van der Waals surface area contributed by atoms with Crippen molar-refractivity contribution < 1.29 is 9.53 Å². The Balaban J connectivity index is 1.78. The number of aryl methyl sites for hydroxylation is 1. The van der Waals surface area contributed by atoms with Crippen LogP contribution in [0.1, 0.15) is 17.5 Å². The average molecular weight is 460 g/mol. The van der Waals surface area contributed by atoms with Crippen molar-refractivity contribution >= 4 is 40.2 Å². The van der Waals surface area contributed by atoms with Crippen molar-refractivity contribution in [3.05, 3.63) is 69.0 Å². The third kappa shape index (κ3) is 6.09. The molecule has 8 heteroatoms. The van der Waals surface area contributed by atoms with Crippen molar-refractivity contribution in [1.82, 2.24) is 14.5 Å². The Kier molecular flexibility index (Phi) is 8.12. The summed E-state index contributed by atoms with van der Waals surface area (Å²) in [5, 5.41) is 1.53. The number of ether oxygens (including phenoxy) is 1. The molecule has 0 radical (unpaired) electrons. The Morgan fingerprint density at radius 1 is 1.23 bits per heavy atom. The number of carbonyl (C=O) groups is 1. The van der Waals surface area contributed by atoms with Gasteiger partial charge in [-0.25, -0.2) is 4.98 Å². The summed E-state index contributed by atoms with van der Waals surface area (Å²) in [5.74, 6) is 0.153. The van der Waals surface area contributed by atoms with Crippen LogP contribution >= 0.6 is 23.4 Å². The van der Waals surface area contributed by atoms with Gasteiger partial charge >= 0.3 is 0 Å². The van der Waals surface area contributed by atoms with E-state index in [2.05, 4.69) is 4.98 Å². The molecule has 1 aromatic heterocycles. The number of fused-ring (bicyclic) bond motifs is 1. The number of hydrogen-bond acceptors (Lipinski definition) is 5. The van der Waals surface area contributed by atoms with E-state index in [4.69, 9.17) is 16.3 Å². The molecule has 0 bridgehead atoms. The number of halogens is 1. The summed E-state index contributed by atoms with van der Waals surface area (Å²) < 4.78 is 6.74. The fourth-order valence-electron chi connectivity index (χ4n) is 3.14. The number of amides is 1. The van der Waals surface area contributed by atoms with Crippen LogP contribution in [-0.2, 0) is 22.6 Å². The molecule has 6 nitrogen and oxygen atoms in total. The lowest BCUT2D eigenvalue weighted by molar-refractivity contribution is -0.127. The molecule has 0 atom stereocenters. The fraction of sp³-hybridized carbons (Fsp3) is 0.348. The molecule has 0 saturated carbocycles. The van der Waals surface area contributed by atoms with Gasteiger partial charge in [-0.1, -0.05) is 53.2 Å². The largest absolute Gasteiger partial charge is 0.385 e. The Bertz CT molecular complexity index is 1120. The van der Waals surface area contributed by atoms with E-state index in [9.17, 15) is 9.59 Å². The van der Waals surface area contributed by atoms with E-state index in [1.165, 1.54) is 17.3 Å². The third-order valence-electron chi connectivity index (χ3n) is 4.90. The Labute approximate surface area is 191 Å². The van der Waals surface area contributed by atoms with E-state index in [0.29, 0.717) is 47.2 Å². The minimum atomic E-state index is -0.138. The van der Waals surface area contributed by atoms with E-state index in [1.807, 2.05) is 31.2 Å². The third-order valence-corrected chi connectivity index (χ3v) is 6.10. The molecule has 0 fully saturated rings. The van der Waals surface area contributed by atoms with Gasteiger partial charge in [-0.3, -0.25) is 14.2 Å². The second-order valence-electron chi connectivity index (χ2n) is 7.38. The fourth-order valence-corrected chi connectivity index (χ4v) is 4.27. The van der Waals surface area contributed by atoms with Gasteiger partial charge in [0.25, 0.3) is 5.56 Å². The van der Waals surface area contributed by atoms with Crippen molar-refractivity contribution in [2.24, 2.45) is 0 Å². The lowest BCUT2D eigenvalue weighted by Crippen LogP contribution is -2.29. The zero-order chi connectivity index (χ0) is 22.4. The smallest absolute Gasteiger partial charge is 0.262 e. The van der Waals surface area contributed by atoms with Crippen LogP contribution in [0, 0.1) is 6.92 Å². The van der Waals surface area contributed by atoms with Crippen LogP contribution in [-0.4, -0.2) is 46.9 Å². The molecule has 164 valence electrons. The summed E-state index contributed by atoms with van der Waals surface area (Å²) in [6.07, 6.45) is 0.673. The first-order valence-electron chi connectivity index (χ1n) is 10.0. The van der Waals surface area contributed by atoms with Crippen LogP contribution in [0.25, 0.3) is 10.9 Å². The van der Waals surface area contributed by atoms with Gasteiger partial charge in [0.05, 0.1) is 16.7 Å². The van der Waals surface area contributed by atoms with E-state index < -0.39 is 0 Å². The molecule has 1 heterocycles. The van der Waals surface area contributed by atoms with Crippen LogP contribution in [0.2, 0.25) is 5.02 Å². The molecule has 1 amide bonds. The van der Waals surface area contributed by atoms with Crippen LogP contribution in [0.4, 0.5) is 0 Å². The van der Waals surface area contributed by atoms with Crippen molar-refractivity contribution in [3.8, 4) is 0 Å². The lowest BCUT2D eigenvalue weighted by atomic mass is 10.1. The highest BCUT2D eigenvalue weighted by Crippen LogP contribution is 2.21. The molecule has 3 aromatic rings. The predicted molar refractivity (Wildman–Crippen MR) is 126 cm³/mol. The van der Waals surface area contributed by atoms with Gasteiger partial charge < -0.3 is 9.64 Å². The van der Waals surface area contributed by atoms with Gasteiger partial charge in [-0.05, 0) is 37.1 Å². The van der Waals surface area contributed by atoms with Gasteiger partial charge in [0.1, 0.15) is 0 Å². The van der Waals surface area contributed by atoms with Crippen molar-refractivity contribution in [3.63, 3.8) is 0 Å². The summed E-state index contributed by atoms with van der Waals surface area (Å²) >= 11 is 7.35. The molecular formula is C23H26ClN3O3S. The number of thioether (sulfide) groups is 1. The Hall–Kier alpha value is -2.35.